The summed E-state index contributed by atoms with van der Waals surface area (Å²) in [6.45, 7) is 2.36. The van der Waals surface area contributed by atoms with Crippen molar-refractivity contribution in [2.45, 2.75) is 25.4 Å². The molecule has 1 fully saturated rings. The Kier molecular flexibility index (Phi) is 4.81. The lowest BCUT2D eigenvalue weighted by atomic mass is 10.1. The fourth-order valence-electron chi connectivity index (χ4n) is 2.80. The third-order valence-corrected chi connectivity index (χ3v) is 4.05. The van der Waals surface area contributed by atoms with Crippen LogP contribution in [0.1, 0.15) is 17.5 Å². The molecule has 1 saturated heterocycles. The Morgan fingerprint density at radius 2 is 1.95 bits per heavy atom. The molecule has 0 unspecified atom stereocenters. The lowest BCUT2D eigenvalue weighted by molar-refractivity contribution is -0.127. The summed E-state index contributed by atoms with van der Waals surface area (Å²) < 4.78 is 0. The molecule has 0 saturated carbocycles. The van der Waals surface area contributed by atoms with Gasteiger partial charge < -0.3 is 10.2 Å². The normalized spacial score (nSPS) is 17.9. The van der Waals surface area contributed by atoms with Gasteiger partial charge in [-0.25, -0.2) is 0 Å². The van der Waals surface area contributed by atoms with Crippen LogP contribution >= 0.6 is 0 Å². The molecule has 22 heavy (non-hydrogen) atoms. The number of rotatable bonds is 6. The van der Waals surface area contributed by atoms with E-state index >= 15 is 0 Å². The van der Waals surface area contributed by atoms with Gasteiger partial charge in [0.25, 0.3) is 0 Å². The second-order valence-corrected chi connectivity index (χ2v) is 5.72. The zero-order chi connectivity index (χ0) is 15.2. The van der Waals surface area contributed by atoms with Crippen LogP contribution < -0.4 is 5.32 Å². The molecule has 1 aliphatic rings. The maximum Gasteiger partial charge on any atom is 0.224 e. The summed E-state index contributed by atoms with van der Waals surface area (Å²) in [7, 11) is 0. The van der Waals surface area contributed by atoms with Gasteiger partial charge in [-0.1, -0.05) is 36.4 Å². The molecule has 1 aromatic carbocycles. The topological polar surface area (TPSA) is 45.2 Å². The Bertz CT molecular complexity index is 600. The van der Waals surface area contributed by atoms with Crippen LogP contribution in [0.5, 0.6) is 0 Å². The lowest BCUT2D eigenvalue weighted by Gasteiger charge is -2.17. The van der Waals surface area contributed by atoms with Gasteiger partial charge in [-0.15, -0.1) is 0 Å². The molecule has 3 rings (SSSR count). The summed E-state index contributed by atoms with van der Waals surface area (Å²) in [6.07, 6.45) is 5.14. The van der Waals surface area contributed by atoms with Gasteiger partial charge in [-0.2, -0.15) is 0 Å². The highest BCUT2D eigenvalue weighted by molar-refractivity contribution is 5.79. The average molecular weight is 295 g/mol. The van der Waals surface area contributed by atoms with Crippen LogP contribution in [0.3, 0.4) is 0 Å². The summed E-state index contributed by atoms with van der Waals surface area (Å²) in [5, 5.41) is 3.45. The Labute approximate surface area is 131 Å². The number of hydrogen-bond donors (Lipinski definition) is 1. The van der Waals surface area contributed by atoms with E-state index < -0.39 is 0 Å². The first-order valence-electron chi connectivity index (χ1n) is 7.75. The van der Waals surface area contributed by atoms with Crippen LogP contribution in [0.4, 0.5) is 0 Å². The van der Waals surface area contributed by atoms with E-state index in [4.69, 9.17) is 0 Å². The standard InChI is InChI=1S/C18H21N3O/c22-18-11-17(20-13-16-7-4-9-19-12-16)14-21(18)10-8-15-5-2-1-3-6-15/h1-7,9,12,17,20H,8,10-11,13-14H2/t17-/m1/s1. The average Bonchev–Trinajstić information content (AvgIpc) is 2.93. The fourth-order valence-corrected chi connectivity index (χ4v) is 2.80. The summed E-state index contributed by atoms with van der Waals surface area (Å²) >= 11 is 0. The van der Waals surface area contributed by atoms with Crippen molar-refractivity contribution < 1.29 is 4.79 Å². The quantitative estimate of drug-likeness (QED) is 0.887. The van der Waals surface area contributed by atoms with Crippen molar-refractivity contribution in [1.29, 1.82) is 0 Å². The molecular weight excluding hydrogens is 274 g/mol. The molecule has 2 aromatic rings. The zero-order valence-corrected chi connectivity index (χ0v) is 12.6. The lowest BCUT2D eigenvalue weighted by Crippen LogP contribution is -2.33. The van der Waals surface area contributed by atoms with Gasteiger partial charge in [0, 0.05) is 44.5 Å². The molecule has 1 N–H and O–H groups in total. The largest absolute Gasteiger partial charge is 0.341 e. The molecule has 1 aliphatic heterocycles. The predicted octanol–water partition coefficient (Wildman–Crippen LogP) is 2.01. The van der Waals surface area contributed by atoms with E-state index in [1.807, 2.05) is 41.4 Å². The molecule has 0 aliphatic carbocycles. The predicted molar refractivity (Wildman–Crippen MR) is 86.2 cm³/mol. The first-order chi connectivity index (χ1) is 10.8. The van der Waals surface area contributed by atoms with Gasteiger partial charge in [0.05, 0.1) is 0 Å². The molecule has 0 spiro atoms. The minimum Gasteiger partial charge on any atom is -0.341 e. The van der Waals surface area contributed by atoms with E-state index in [-0.39, 0.29) is 11.9 Å². The van der Waals surface area contributed by atoms with Crippen molar-refractivity contribution in [3.05, 3.63) is 66.0 Å². The highest BCUT2D eigenvalue weighted by atomic mass is 16.2. The maximum atomic E-state index is 12.1. The van der Waals surface area contributed by atoms with Crippen molar-refractivity contribution in [3.63, 3.8) is 0 Å². The Hall–Kier alpha value is -2.20. The first kappa shape index (κ1) is 14.7. The Balaban J connectivity index is 1.46. The SMILES string of the molecule is O=C1C[C@@H](NCc2cccnc2)CN1CCc1ccccc1. The fraction of sp³-hybridized carbons (Fsp3) is 0.333. The van der Waals surface area contributed by atoms with Gasteiger partial charge in [0.1, 0.15) is 0 Å². The molecule has 1 atom stereocenters. The molecule has 2 heterocycles. The number of carbonyl (C=O) groups excluding carboxylic acids is 1. The van der Waals surface area contributed by atoms with Crippen LogP contribution in [0.2, 0.25) is 0 Å². The number of nitrogens with one attached hydrogen (secondary N) is 1. The molecule has 4 heteroatoms. The maximum absolute atomic E-state index is 12.1. The summed E-state index contributed by atoms with van der Waals surface area (Å²) in [6, 6.07) is 14.5. The number of likely N-dealkylation sites (tertiary alicyclic amines) is 1. The summed E-state index contributed by atoms with van der Waals surface area (Å²) in [5.74, 6) is 0.250. The second-order valence-electron chi connectivity index (χ2n) is 5.72. The van der Waals surface area contributed by atoms with E-state index in [2.05, 4.69) is 22.4 Å². The molecule has 1 aromatic heterocycles. The van der Waals surface area contributed by atoms with Crippen molar-refractivity contribution in [2.75, 3.05) is 13.1 Å². The monoisotopic (exact) mass is 295 g/mol. The third-order valence-electron chi connectivity index (χ3n) is 4.05. The number of hydrogen-bond acceptors (Lipinski definition) is 3. The van der Waals surface area contributed by atoms with Crippen LogP contribution in [0.15, 0.2) is 54.9 Å². The van der Waals surface area contributed by atoms with Gasteiger partial charge in [-0.05, 0) is 23.6 Å². The van der Waals surface area contributed by atoms with E-state index in [0.29, 0.717) is 6.42 Å². The number of aromatic nitrogens is 1. The van der Waals surface area contributed by atoms with E-state index in [0.717, 1.165) is 31.6 Å². The van der Waals surface area contributed by atoms with E-state index in [1.165, 1.54) is 5.56 Å². The summed E-state index contributed by atoms with van der Waals surface area (Å²) in [5.41, 5.74) is 2.43. The number of benzene rings is 1. The molecular formula is C18H21N3O. The summed E-state index contributed by atoms with van der Waals surface area (Å²) in [4.78, 5) is 18.2. The van der Waals surface area contributed by atoms with Crippen molar-refractivity contribution in [1.82, 2.24) is 15.2 Å². The molecule has 114 valence electrons. The number of carbonyl (C=O) groups is 1. The highest BCUT2D eigenvalue weighted by Crippen LogP contribution is 2.13. The third kappa shape index (κ3) is 3.92. The zero-order valence-electron chi connectivity index (χ0n) is 12.6. The highest BCUT2D eigenvalue weighted by Gasteiger charge is 2.28. The van der Waals surface area contributed by atoms with Gasteiger partial charge in [0.15, 0.2) is 0 Å². The minimum atomic E-state index is 0.239. The van der Waals surface area contributed by atoms with Crippen molar-refractivity contribution >= 4 is 5.91 Å². The minimum absolute atomic E-state index is 0.239. The Morgan fingerprint density at radius 3 is 2.73 bits per heavy atom. The molecule has 0 radical (unpaired) electrons. The van der Waals surface area contributed by atoms with Crippen LogP contribution in [-0.4, -0.2) is 34.9 Å². The van der Waals surface area contributed by atoms with Crippen molar-refractivity contribution in [3.8, 4) is 0 Å². The Morgan fingerprint density at radius 1 is 1.14 bits per heavy atom. The molecule has 4 nitrogen and oxygen atoms in total. The van der Waals surface area contributed by atoms with Gasteiger partial charge in [-0.3, -0.25) is 9.78 Å². The van der Waals surface area contributed by atoms with Gasteiger partial charge in [0.2, 0.25) is 5.91 Å². The van der Waals surface area contributed by atoms with Crippen LogP contribution in [0, 0.1) is 0 Å². The van der Waals surface area contributed by atoms with Gasteiger partial charge >= 0.3 is 0 Å². The molecule has 1 amide bonds. The van der Waals surface area contributed by atoms with E-state index in [1.54, 1.807) is 6.20 Å². The number of nitrogens with zero attached hydrogens (tertiary/aromatic N) is 2. The van der Waals surface area contributed by atoms with E-state index in [9.17, 15) is 4.79 Å². The second kappa shape index (κ2) is 7.18. The smallest absolute Gasteiger partial charge is 0.224 e. The van der Waals surface area contributed by atoms with Crippen molar-refractivity contribution in [2.24, 2.45) is 0 Å². The molecule has 0 bridgehead atoms. The number of pyridine rings is 1. The first-order valence-corrected chi connectivity index (χ1v) is 7.75. The van der Waals surface area contributed by atoms with Crippen LogP contribution in [-0.2, 0) is 17.8 Å². The van der Waals surface area contributed by atoms with Crippen LogP contribution in [0.25, 0.3) is 0 Å². The number of amides is 1.